The van der Waals surface area contributed by atoms with Crippen molar-refractivity contribution < 1.29 is 8.83 Å². The molecule has 0 N–H and O–H groups in total. The maximum absolute atomic E-state index is 6.72. The van der Waals surface area contributed by atoms with Gasteiger partial charge in [-0.15, -0.1) is 0 Å². The lowest BCUT2D eigenvalue weighted by Gasteiger charge is -2.27. The summed E-state index contributed by atoms with van der Waals surface area (Å²) in [5.74, 6) is 0. The predicted octanol–water partition coefficient (Wildman–Crippen LogP) is 19.1. The number of fused-ring (bicyclic) bond motifs is 6. The SMILES string of the molecule is c1ccc(-c2ccc(-c3ccc(N(c4cccc(-c5cccc(N(c6ccc(-c7ccccc7)cc6)c6cccc7c6oc6ccccc67)c5)c4)c4cccc5c4oc4ccccc45)cc3)cc2)cc1. The van der Waals surface area contributed by atoms with Gasteiger partial charge in [0.05, 0.1) is 11.4 Å². The number of hydrogen-bond acceptors (Lipinski definition) is 4. The van der Waals surface area contributed by atoms with Gasteiger partial charge < -0.3 is 18.6 Å². The monoisotopic (exact) mass is 896 g/mol. The first kappa shape index (κ1) is 40.9. The quantitative estimate of drug-likeness (QED) is 0.137. The molecule has 11 aromatic carbocycles. The van der Waals surface area contributed by atoms with Crippen LogP contribution < -0.4 is 9.80 Å². The molecule has 0 unspecified atom stereocenters. The van der Waals surface area contributed by atoms with E-state index in [-0.39, 0.29) is 0 Å². The van der Waals surface area contributed by atoms with Gasteiger partial charge >= 0.3 is 0 Å². The van der Waals surface area contributed by atoms with Gasteiger partial charge in [0.15, 0.2) is 11.2 Å². The van der Waals surface area contributed by atoms with Gasteiger partial charge in [0.2, 0.25) is 0 Å². The van der Waals surface area contributed by atoms with Crippen LogP contribution in [-0.4, -0.2) is 0 Å². The zero-order valence-corrected chi connectivity index (χ0v) is 38.1. The number of rotatable bonds is 10. The minimum atomic E-state index is 0.838. The van der Waals surface area contributed by atoms with Crippen LogP contribution in [0.4, 0.5) is 34.1 Å². The standard InChI is InChI=1S/C66H44N2O2/c1-3-15-45(16-4-1)47-31-33-48(34-32-47)50-37-41-54(42-38-50)68(62-28-14-26-60-58-24-8-10-30-64(58)70-66(60)62)56-22-12-20-52(44-56)51-19-11-21-55(43-51)67(53-39-35-49(36-40-53)46-17-5-2-6-18-46)61-27-13-25-59-57-23-7-9-29-63(57)69-65(59)61/h1-44H. The molecule has 0 bridgehead atoms. The Hall–Kier alpha value is -9.38. The van der Waals surface area contributed by atoms with E-state index < -0.39 is 0 Å². The number of para-hydroxylation sites is 4. The highest BCUT2D eigenvalue weighted by Crippen LogP contribution is 2.46. The highest BCUT2D eigenvalue weighted by atomic mass is 16.3. The van der Waals surface area contributed by atoms with Crippen LogP contribution in [0, 0.1) is 0 Å². The van der Waals surface area contributed by atoms with Crippen molar-refractivity contribution in [2.75, 3.05) is 9.80 Å². The highest BCUT2D eigenvalue weighted by Gasteiger charge is 2.22. The van der Waals surface area contributed by atoms with E-state index in [0.29, 0.717) is 0 Å². The first-order valence-electron chi connectivity index (χ1n) is 23.7. The van der Waals surface area contributed by atoms with Crippen LogP contribution in [0.25, 0.3) is 88.4 Å². The van der Waals surface area contributed by atoms with Crippen LogP contribution in [0.15, 0.2) is 276 Å². The fourth-order valence-electron chi connectivity index (χ4n) is 10.0. The summed E-state index contributed by atoms with van der Waals surface area (Å²) < 4.78 is 13.4. The fraction of sp³-hybridized carbons (Fsp3) is 0. The summed E-state index contributed by atoms with van der Waals surface area (Å²) in [5.41, 5.74) is 18.6. The van der Waals surface area contributed by atoms with Crippen molar-refractivity contribution in [2.24, 2.45) is 0 Å². The minimum absolute atomic E-state index is 0.838. The van der Waals surface area contributed by atoms with E-state index in [9.17, 15) is 0 Å². The lowest BCUT2D eigenvalue weighted by Crippen LogP contribution is -2.11. The summed E-state index contributed by atoms with van der Waals surface area (Å²) in [6.07, 6.45) is 0. The molecule has 2 aromatic heterocycles. The van der Waals surface area contributed by atoms with Gasteiger partial charge in [0.25, 0.3) is 0 Å². The van der Waals surface area contributed by atoms with E-state index in [1.807, 2.05) is 24.3 Å². The molecule has 0 amide bonds. The van der Waals surface area contributed by atoms with E-state index >= 15 is 0 Å². The topological polar surface area (TPSA) is 32.8 Å². The summed E-state index contributed by atoms with van der Waals surface area (Å²) in [6.45, 7) is 0. The van der Waals surface area contributed by atoms with Crippen molar-refractivity contribution in [1.29, 1.82) is 0 Å². The predicted molar refractivity (Wildman–Crippen MR) is 292 cm³/mol. The average Bonchev–Trinajstić information content (AvgIpc) is 4.02. The molecule has 0 saturated heterocycles. The summed E-state index contributed by atoms with van der Waals surface area (Å²) in [4.78, 5) is 4.64. The van der Waals surface area contributed by atoms with E-state index in [1.54, 1.807) is 0 Å². The molecule has 4 nitrogen and oxygen atoms in total. The lowest BCUT2D eigenvalue weighted by molar-refractivity contribution is 0.668. The second-order valence-electron chi connectivity index (χ2n) is 17.7. The van der Waals surface area contributed by atoms with E-state index in [2.05, 4.69) is 252 Å². The molecule has 0 spiro atoms. The molecule has 0 radical (unpaired) electrons. The van der Waals surface area contributed by atoms with E-state index in [1.165, 1.54) is 16.7 Å². The lowest BCUT2D eigenvalue weighted by atomic mass is 9.99. The van der Waals surface area contributed by atoms with Crippen LogP contribution in [0.5, 0.6) is 0 Å². The van der Waals surface area contributed by atoms with Crippen LogP contribution in [-0.2, 0) is 0 Å². The molecule has 4 heteroatoms. The van der Waals surface area contributed by atoms with Crippen LogP contribution in [0.3, 0.4) is 0 Å². The average molecular weight is 897 g/mol. The Bertz CT molecular complexity index is 3990. The minimum Gasteiger partial charge on any atom is -0.454 e. The summed E-state index contributed by atoms with van der Waals surface area (Å²) >= 11 is 0. The Morgan fingerprint density at radius 3 is 0.943 bits per heavy atom. The molecule has 0 atom stereocenters. The largest absolute Gasteiger partial charge is 0.454 e. The van der Waals surface area contributed by atoms with Crippen molar-refractivity contribution in [1.82, 2.24) is 0 Å². The molecule has 70 heavy (non-hydrogen) atoms. The van der Waals surface area contributed by atoms with Crippen molar-refractivity contribution in [3.8, 4) is 44.5 Å². The second kappa shape index (κ2) is 17.4. The van der Waals surface area contributed by atoms with Gasteiger partial charge in [0, 0.05) is 44.3 Å². The Balaban J connectivity index is 0.921. The molecular weight excluding hydrogens is 853 g/mol. The van der Waals surface area contributed by atoms with Crippen LogP contribution >= 0.6 is 0 Å². The number of benzene rings is 11. The zero-order chi connectivity index (χ0) is 46.4. The smallest absolute Gasteiger partial charge is 0.159 e. The third kappa shape index (κ3) is 7.36. The van der Waals surface area contributed by atoms with Crippen LogP contribution in [0.1, 0.15) is 0 Å². The molecular formula is C66H44N2O2. The fourth-order valence-corrected chi connectivity index (χ4v) is 10.0. The number of nitrogens with zero attached hydrogens (tertiary/aromatic N) is 2. The normalized spacial score (nSPS) is 11.4. The van der Waals surface area contributed by atoms with Gasteiger partial charge in [-0.3, -0.25) is 0 Å². The Morgan fingerprint density at radius 1 is 0.214 bits per heavy atom. The molecule has 13 aromatic rings. The Kier molecular flexibility index (Phi) is 10.1. The third-order valence-electron chi connectivity index (χ3n) is 13.5. The number of furan rings is 2. The molecule has 0 aliphatic heterocycles. The first-order chi connectivity index (χ1) is 34.7. The van der Waals surface area contributed by atoms with Crippen molar-refractivity contribution >= 4 is 78.0 Å². The Labute approximate surface area is 406 Å². The zero-order valence-electron chi connectivity index (χ0n) is 38.1. The van der Waals surface area contributed by atoms with Gasteiger partial charge in [-0.25, -0.2) is 0 Å². The van der Waals surface area contributed by atoms with Crippen LogP contribution in [0.2, 0.25) is 0 Å². The summed E-state index contributed by atoms with van der Waals surface area (Å²) in [7, 11) is 0. The highest BCUT2D eigenvalue weighted by molar-refractivity contribution is 6.11. The van der Waals surface area contributed by atoms with Gasteiger partial charge in [0.1, 0.15) is 11.2 Å². The van der Waals surface area contributed by atoms with Crippen molar-refractivity contribution in [3.63, 3.8) is 0 Å². The molecule has 0 aliphatic carbocycles. The van der Waals surface area contributed by atoms with Crippen molar-refractivity contribution in [2.45, 2.75) is 0 Å². The maximum atomic E-state index is 6.72. The molecule has 2 heterocycles. The molecule has 0 aliphatic rings. The summed E-state index contributed by atoms with van der Waals surface area (Å²) in [5, 5.41) is 4.35. The van der Waals surface area contributed by atoms with Crippen molar-refractivity contribution in [3.05, 3.63) is 267 Å². The molecule has 13 rings (SSSR count). The second-order valence-corrected chi connectivity index (χ2v) is 17.7. The van der Waals surface area contributed by atoms with E-state index in [0.717, 1.165) is 106 Å². The Morgan fingerprint density at radius 2 is 0.529 bits per heavy atom. The maximum Gasteiger partial charge on any atom is 0.159 e. The van der Waals surface area contributed by atoms with E-state index in [4.69, 9.17) is 8.83 Å². The first-order valence-corrected chi connectivity index (χ1v) is 23.7. The molecule has 0 saturated carbocycles. The van der Waals surface area contributed by atoms with Gasteiger partial charge in [-0.2, -0.15) is 0 Å². The summed E-state index contributed by atoms with van der Waals surface area (Å²) in [6, 6.07) is 94.6. The van der Waals surface area contributed by atoms with Gasteiger partial charge in [-0.1, -0.05) is 194 Å². The number of anilines is 6. The van der Waals surface area contributed by atoms with Gasteiger partial charge in [-0.05, 0) is 117 Å². The third-order valence-corrected chi connectivity index (χ3v) is 13.5. The molecule has 0 fully saturated rings. The molecule has 330 valence electrons. The number of hydrogen-bond donors (Lipinski definition) is 0.